The predicted molar refractivity (Wildman–Crippen MR) is 91.2 cm³/mol. The van der Waals surface area contributed by atoms with E-state index >= 15 is 0 Å². The first-order chi connectivity index (χ1) is 10.9. The molecule has 0 aliphatic carbocycles. The highest BCUT2D eigenvalue weighted by molar-refractivity contribution is 5.61. The van der Waals surface area contributed by atoms with Gasteiger partial charge < -0.3 is 0 Å². The molecular weight excluding hydrogens is 268 g/mol. The molecule has 1 heterocycles. The van der Waals surface area contributed by atoms with Crippen molar-refractivity contribution in [1.82, 2.24) is 4.57 Å². The van der Waals surface area contributed by atoms with E-state index in [1.165, 1.54) is 11.1 Å². The van der Waals surface area contributed by atoms with Gasteiger partial charge in [0.25, 0.3) is 5.82 Å². The van der Waals surface area contributed by atoms with Gasteiger partial charge in [-0.1, -0.05) is 50.2 Å². The Labute approximate surface area is 134 Å². The predicted octanol–water partition coefficient (Wildman–Crippen LogP) is 4.40. The largest absolute Gasteiger partial charge is 0.294 e. The zero-order valence-electron chi connectivity index (χ0n) is 14.7. The Bertz CT molecular complexity index is 841. The molecule has 0 spiro atoms. The van der Waals surface area contributed by atoms with Gasteiger partial charge in [-0.3, -0.25) is 0 Å². The third kappa shape index (κ3) is 2.45. The molecule has 0 amide bonds. The minimum Gasteiger partial charge on any atom is -0.232 e. The molecule has 3 rings (SSSR count). The van der Waals surface area contributed by atoms with Crippen molar-refractivity contribution >= 4 is 0 Å². The first kappa shape index (κ1) is 13.3. The summed E-state index contributed by atoms with van der Waals surface area (Å²) in [5.74, 6) is 0.474. The molecule has 112 valence electrons. The van der Waals surface area contributed by atoms with E-state index in [0.29, 0.717) is 0 Å². The summed E-state index contributed by atoms with van der Waals surface area (Å²) in [6.45, 7) is 6.00. The number of hydrogen-bond acceptors (Lipinski definition) is 0. The first-order valence-corrected chi connectivity index (χ1v) is 7.62. The molecule has 0 saturated carbocycles. The number of hydrogen-bond donors (Lipinski definition) is 0. The number of benzene rings is 2. The molecule has 3 aromatic rings. The standard InChI is InChI=1S/C20H23N2/c1-15(2)17-10-7-8-12-19(17)22-14-13-21(4)20(22)18-11-6-5-9-16(18)3/h5-15H,1-4H3/q+1/i15D. The maximum absolute atomic E-state index is 8.47. The number of aryl methyl sites for hydroxylation is 2. The first-order valence-electron chi connectivity index (χ1n) is 8.12. The summed E-state index contributed by atoms with van der Waals surface area (Å²) in [6.07, 6.45) is 4.14. The Balaban J connectivity index is 2.28. The van der Waals surface area contributed by atoms with Crippen LogP contribution in [-0.2, 0) is 7.05 Å². The van der Waals surface area contributed by atoms with Gasteiger partial charge in [0, 0.05) is 6.93 Å². The fourth-order valence-electron chi connectivity index (χ4n) is 2.92. The molecule has 0 saturated heterocycles. The lowest BCUT2D eigenvalue weighted by Gasteiger charge is -2.12. The molecule has 0 aliphatic heterocycles. The summed E-state index contributed by atoms with van der Waals surface area (Å²) in [7, 11) is 2.06. The second-order valence-electron chi connectivity index (χ2n) is 5.93. The maximum atomic E-state index is 8.47. The third-order valence-corrected chi connectivity index (χ3v) is 4.09. The Morgan fingerprint density at radius 2 is 1.73 bits per heavy atom. The summed E-state index contributed by atoms with van der Waals surface area (Å²) in [5.41, 5.74) is 4.53. The van der Waals surface area contributed by atoms with Crippen molar-refractivity contribution in [2.45, 2.75) is 26.7 Å². The average molecular weight is 292 g/mol. The summed E-state index contributed by atoms with van der Waals surface area (Å²) < 4.78 is 12.8. The lowest BCUT2D eigenvalue weighted by Crippen LogP contribution is -2.29. The van der Waals surface area contributed by atoms with Gasteiger partial charge in [-0.15, -0.1) is 0 Å². The number of aromatic nitrogens is 2. The van der Waals surface area contributed by atoms with Crippen LogP contribution in [-0.4, -0.2) is 4.57 Å². The van der Waals surface area contributed by atoms with Crippen LogP contribution in [0.5, 0.6) is 0 Å². The van der Waals surface area contributed by atoms with Crippen molar-refractivity contribution < 1.29 is 5.94 Å². The molecule has 22 heavy (non-hydrogen) atoms. The van der Waals surface area contributed by atoms with Gasteiger partial charge in [-0.05, 0) is 30.5 Å². The molecule has 0 radical (unpaired) electrons. The zero-order valence-corrected chi connectivity index (χ0v) is 13.7. The molecule has 0 aliphatic rings. The minimum absolute atomic E-state index is 0.650. The van der Waals surface area contributed by atoms with E-state index in [1.807, 2.05) is 32.0 Å². The molecule has 1 aromatic heterocycles. The van der Waals surface area contributed by atoms with Crippen molar-refractivity contribution in [3.8, 4) is 17.1 Å². The fourth-order valence-corrected chi connectivity index (χ4v) is 2.92. The number of para-hydroxylation sites is 1. The van der Waals surface area contributed by atoms with Gasteiger partial charge in [0.1, 0.15) is 18.1 Å². The normalized spacial score (nSPS) is 12.3. The number of imidazole rings is 1. The fraction of sp³-hybridized carbons (Fsp3) is 0.250. The van der Waals surface area contributed by atoms with Crippen LogP contribution in [0.15, 0.2) is 60.9 Å². The summed E-state index contributed by atoms with van der Waals surface area (Å²) in [5, 5.41) is 0. The van der Waals surface area contributed by atoms with Crippen molar-refractivity contribution in [2.75, 3.05) is 0 Å². The lowest BCUT2D eigenvalue weighted by atomic mass is 10.0. The van der Waals surface area contributed by atoms with E-state index in [0.717, 1.165) is 17.1 Å². The average Bonchev–Trinajstić information content (AvgIpc) is 2.88. The van der Waals surface area contributed by atoms with Gasteiger partial charge in [0.2, 0.25) is 0 Å². The van der Waals surface area contributed by atoms with Crippen LogP contribution in [0, 0.1) is 6.92 Å². The summed E-state index contributed by atoms with van der Waals surface area (Å²) >= 11 is 0. The third-order valence-electron chi connectivity index (χ3n) is 4.09. The Morgan fingerprint density at radius 3 is 2.45 bits per heavy atom. The lowest BCUT2D eigenvalue weighted by molar-refractivity contribution is -0.659. The van der Waals surface area contributed by atoms with Crippen molar-refractivity contribution in [1.29, 1.82) is 0 Å². The van der Waals surface area contributed by atoms with Crippen LogP contribution in [0.2, 0.25) is 0 Å². The molecule has 2 heteroatoms. The van der Waals surface area contributed by atoms with Gasteiger partial charge in [0.15, 0.2) is 0 Å². The molecule has 2 nitrogen and oxygen atoms in total. The second kappa shape index (κ2) is 5.80. The highest BCUT2D eigenvalue weighted by atomic mass is 15.1. The van der Waals surface area contributed by atoms with E-state index in [-0.39, 0.29) is 0 Å². The van der Waals surface area contributed by atoms with Crippen LogP contribution < -0.4 is 4.57 Å². The van der Waals surface area contributed by atoms with E-state index in [4.69, 9.17) is 1.37 Å². The monoisotopic (exact) mass is 292 g/mol. The topological polar surface area (TPSA) is 8.81 Å². The van der Waals surface area contributed by atoms with Gasteiger partial charge in [0.05, 0.1) is 12.6 Å². The van der Waals surface area contributed by atoms with E-state index in [9.17, 15) is 0 Å². The van der Waals surface area contributed by atoms with Crippen LogP contribution >= 0.6 is 0 Å². The smallest absolute Gasteiger partial charge is 0.232 e. The maximum Gasteiger partial charge on any atom is 0.294 e. The van der Waals surface area contributed by atoms with E-state index in [2.05, 4.69) is 65.8 Å². The molecule has 0 N–H and O–H groups in total. The quantitative estimate of drug-likeness (QED) is 0.633. The SMILES string of the molecule is [2H]C(C)(C)c1ccccc1-n1cc[n+](C)c1-c1ccccc1C. The summed E-state index contributed by atoms with van der Waals surface area (Å²) in [4.78, 5) is 0. The second-order valence-corrected chi connectivity index (χ2v) is 5.93. The van der Waals surface area contributed by atoms with Crippen LogP contribution in [0.1, 0.15) is 32.2 Å². The van der Waals surface area contributed by atoms with E-state index in [1.54, 1.807) is 0 Å². The highest BCUT2D eigenvalue weighted by Crippen LogP contribution is 2.28. The number of rotatable bonds is 3. The van der Waals surface area contributed by atoms with Crippen molar-refractivity contribution in [2.24, 2.45) is 7.05 Å². The van der Waals surface area contributed by atoms with Gasteiger partial charge >= 0.3 is 0 Å². The molecule has 0 bridgehead atoms. The van der Waals surface area contributed by atoms with E-state index < -0.39 is 5.89 Å². The molecule has 2 aromatic carbocycles. The Kier molecular flexibility index (Phi) is 3.51. The van der Waals surface area contributed by atoms with Gasteiger partial charge in [-0.25, -0.2) is 4.57 Å². The van der Waals surface area contributed by atoms with Crippen molar-refractivity contribution in [3.05, 3.63) is 72.1 Å². The molecule has 0 fully saturated rings. The van der Waals surface area contributed by atoms with Gasteiger partial charge in [-0.2, -0.15) is 4.57 Å². The Morgan fingerprint density at radius 1 is 1.05 bits per heavy atom. The summed E-state index contributed by atoms with van der Waals surface area (Å²) in [6, 6.07) is 16.6. The molecule has 0 atom stereocenters. The van der Waals surface area contributed by atoms with Crippen LogP contribution in [0.25, 0.3) is 17.1 Å². The Hall–Kier alpha value is -2.35. The number of nitrogens with zero attached hydrogens (tertiary/aromatic N) is 2. The van der Waals surface area contributed by atoms with Crippen LogP contribution in [0.3, 0.4) is 0 Å². The zero-order chi connectivity index (χ0) is 16.6. The molecule has 0 unspecified atom stereocenters. The molecular formula is C20H23N2+. The van der Waals surface area contributed by atoms with Crippen molar-refractivity contribution in [3.63, 3.8) is 0 Å². The highest BCUT2D eigenvalue weighted by Gasteiger charge is 2.22. The van der Waals surface area contributed by atoms with Crippen LogP contribution in [0.4, 0.5) is 0 Å². The minimum atomic E-state index is -0.650.